The minimum atomic E-state index is -1.05. The van der Waals surface area contributed by atoms with Gasteiger partial charge in [0.1, 0.15) is 17.4 Å². The van der Waals surface area contributed by atoms with Gasteiger partial charge in [-0.3, -0.25) is 9.20 Å². The van der Waals surface area contributed by atoms with Crippen LogP contribution in [0.5, 0.6) is 0 Å². The number of hydrogen-bond donors (Lipinski definition) is 2. The molecule has 6 nitrogen and oxygen atoms in total. The van der Waals surface area contributed by atoms with Crippen LogP contribution in [0.25, 0.3) is 5.65 Å². The fourth-order valence-corrected chi connectivity index (χ4v) is 2.77. The standard InChI is InChI=1S/C14H16BrN3O3/c1-4-10(14(20)21)17-13(19)11-8(3)16-12-7(2)5-9(15)6-18(11)12/h5-6,10H,4H2,1-3H3,(H,17,19)(H,20,21). The van der Waals surface area contributed by atoms with E-state index in [9.17, 15) is 9.59 Å². The Bertz CT molecular complexity index is 724. The average molecular weight is 354 g/mol. The van der Waals surface area contributed by atoms with Gasteiger partial charge in [0, 0.05) is 10.7 Å². The number of fused-ring (bicyclic) bond motifs is 1. The van der Waals surface area contributed by atoms with Crippen LogP contribution in [0.2, 0.25) is 0 Å². The Morgan fingerprint density at radius 1 is 1.48 bits per heavy atom. The van der Waals surface area contributed by atoms with Gasteiger partial charge in [-0.1, -0.05) is 6.92 Å². The number of nitrogens with zero attached hydrogens (tertiary/aromatic N) is 2. The third kappa shape index (κ3) is 2.92. The highest BCUT2D eigenvalue weighted by atomic mass is 79.9. The van der Waals surface area contributed by atoms with Crippen LogP contribution in [0.3, 0.4) is 0 Å². The number of carboxylic acids is 1. The molecule has 2 heterocycles. The first kappa shape index (κ1) is 15.5. The minimum Gasteiger partial charge on any atom is -0.480 e. The number of aromatic nitrogens is 2. The molecule has 21 heavy (non-hydrogen) atoms. The molecule has 1 atom stereocenters. The second-order valence-corrected chi connectivity index (χ2v) is 5.77. The summed E-state index contributed by atoms with van der Waals surface area (Å²) in [4.78, 5) is 27.8. The summed E-state index contributed by atoms with van der Waals surface area (Å²) in [5.41, 5.74) is 2.53. The van der Waals surface area contributed by atoms with Gasteiger partial charge in [-0.25, -0.2) is 9.78 Å². The Morgan fingerprint density at radius 3 is 2.71 bits per heavy atom. The summed E-state index contributed by atoms with van der Waals surface area (Å²) in [6.07, 6.45) is 2.07. The molecule has 2 aromatic rings. The highest BCUT2D eigenvalue weighted by Crippen LogP contribution is 2.20. The lowest BCUT2D eigenvalue weighted by atomic mass is 10.2. The van der Waals surface area contributed by atoms with E-state index < -0.39 is 17.9 Å². The molecule has 2 rings (SSSR count). The van der Waals surface area contributed by atoms with E-state index >= 15 is 0 Å². The lowest BCUT2D eigenvalue weighted by Crippen LogP contribution is -2.40. The zero-order chi connectivity index (χ0) is 15.7. The van der Waals surface area contributed by atoms with Crippen molar-refractivity contribution in [2.75, 3.05) is 0 Å². The van der Waals surface area contributed by atoms with Crippen LogP contribution >= 0.6 is 15.9 Å². The number of rotatable bonds is 4. The Morgan fingerprint density at radius 2 is 2.14 bits per heavy atom. The Hall–Kier alpha value is -1.89. The van der Waals surface area contributed by atoms with E-state index in [2.05, 4.69) is 26.2 Å². The van der Waals surface area contributed by atoms with E-state index in [0.717, 1.165) is 10.0 Å². The van der Waals surface area contributed by atoms with Gasteiger partial charge in [0.05, 0.1) is 5.69 Å². The average Bonchev–Trinajstić information content (AvgIpc) is 2.72. The van der Waals surface area contributed by atoms with Crippen LogP contribution in [0.1, 0.15) is 35.1 Å². The summed E-state index contributed by atoms with van der Waals surface area (Å²) in [7, 11) is 0. The molecule has 2 N–H and O–H groups in total. The fourth-order valence-electron chi connectivity index (χ4n) is 2.22. The van der Waals surface area contributed by atoms with Gasteiger partial charge < -0.3 is 10.4 Å². The van der Waals surface area contributed by atoms with Crippen LogP contribution in [0, 0.1) is 13.8 Å². The molecular formula is C14H16BrN3O3. The van der Waals surface area contributed by atoms with Gasteiger partial charge in [-0.15, -0.1) is 0 Å². The van der Waals surface area contributed by atoms with E-state index in [1.165, 1.54) is 0 Å². The fraction of sp³-hybridized carbons (Fsp3) is 0.357. The number of amides is 1. The molecule has 2 aromatic heterocycles. The molecule has 0 fully saturated rings. The second-order valence-electron chi connectivity index (χ2n) is 4.85. The van der Waals surface area contributed by atoms with Crippen molar-refractivity contribution in [3.63, 3.8) is 0 Å². The molecule has 1 unspecified atom stereocenters. The van der Waals surface area contributed by atoms with Crippen molar-refractivity contribution in [3.05, 3.63) is 33.7 Å². The molecule has 0 aliphatic rings. The molecule has 1 amide bonds. The lowest BCUT2D eigenvalue weighted by molar-refractivity contribution is -0.139. The van der Waals surface area contributed by atoms with E-state index in [1.54, 1.807) is 24.4 Å². The van der Waals surface area contributed by atoms with E-state index in [-0.39, 0.29) is 0 Å². The third-order valence-corrected chi connectivity index (χ3v) is 3.71. The summed E-state index contributed by atoms with van der Waals surface area (Å²) >= 11 is 3.39. The summed E-state index contributed by atoms with van der Waals surface area (Å²) in [6, 6.07) is 1.01. The Kier molecular flexibility index (Phi) is 4.32. The number of imidazole rings is 1. The maximum absolute atomic E-state index is 12.4. The van der Waals surface area contributed by atoms with Gasteiger partial charge in [0.25, 0.3) is 5.91 Å². The van der Waals surface area contributed by atoms with Gasteiger partial charge in [0.15, 0.2) is 0 Å². The molecular weight excluding hydrogens is 338 g/mol. The quantitative estimate of drug-likeness (QED) is 0.883. The van der Waals surface area contributed by atoms with Crippen molar-refractivity contribution in [3.8, 4) is 0 Å². The molecule has 0 aliphatic heterocycles. The number of nitrogens with one attached hydrogen (secondary N) is 1. The van der Waals surface area contributed by atoms with Gasteiger partial charge in [-0.2, -0.15) is 0 Å². The first-order valence-electron chi connectivity index (χ1n) is 6.53. The van der Waals surface area contributed by atoms with E-state index in [1.807, 2.05) is 13.0 Å². The first-order chi connectivity index (χ1) is 9.85. The van der Waals surface area contributed by atoms with Crippen LogP contribution in [0.15, 0.2) is 16.7 Å². The maximum atomic E-state index is 12.4. The minimum absolute atomic E-state index is 0.319. The molecule has 0 aromatic carbocycles. The van der Waals surface area contributed by atoms with Crippen LogP contribution in [0.4, 0.5) is 0 Å². The van der Waals surface area contributed by atoms with Crippen molar-refractivity contribution in [2.24, 2.45) is 0 Å². The van der Waals surface area contributed by atoms with Crippen molar-refractivity contribution in [2.45, 2.75) is 33.2 Å². The number of carboxylic acid groups (broad SMARTS) is 1. The number of carbonyl (C=O) groups excluding carboxylic acids is 1. The summed E-state index contributed by atoms with van der Waals surface area (Å²) in [5.74, 6) is -1.48. The zero-order valence-electron chi connectivity index (χ0n) is 12.0. The number of aryl methyl sites for hydroxylation is 2. The predicted octanol–water partition coefficient (Wildman–Crippen LogP) is 2.31. The summed E-state index contributed by atoms with van der Waals surface area (Å²) in [6.45, 7) is 5.35. The van der Waals surface area contributed by atoms with Crippen LogP contribution in [-0.4, -0.2) is 32.4 Å². The SMILES string of the molecule is CCC(NC(=O)c1c(C)nc2c(C)cc(Br)cn12)C(=O)O. The van der Waals surface area contributed by atoms with Crippen molar-refractivity contribution < 1.29 is 14.7 Å². The van der Waals surface area contributed by atoms with Crippen molar-refractivity contribution >= 4 is 33.5 Å². The Labute approximate surface area is 130 Å². The first-order valence-corrected chi connectivity index (χ1v) is 7.33. The van der Waals surface area contributed by atoms with Crippen LogP contribution in [-0.2, 0) is 4.79 Å². The molecule has 0 saturated heterocycles. The smallest absolute Gasteiger partial charge is 0.326 e. The molecule has 0 radical (unpaired) electrons. The highest BCUT2D eigenvalue weighted by Gasteiger charge is 2.23. The highest BCUT2D eigenvalue weighted by molar-refractivity contribution is 9.10. The summed E-state index contributed by atoms with van der Waals surface area (Å²) in [5, 5.41) is 11.6. The van der Waals surface area contributed by atoms with Crippen molar-refractivity contribution in [1.82, 2.24) is 14.7 Å². The number of hydrogen-bond acceptors (Lipinski definition) is 3. The number of carbonyl (C=O) groups is 2. The predicted molar refractivity (Wildman–Crippen MR) is 81.5 cm³/mol. The topological polar surface area (TPSA) is 83.7 Å². The molecule has 112 valence electrons. The van der Waals surface area contributed by atoms with E-state index in [4.69, 9.17) is 5.11 Å². The van der Waals surface area contributed by atoms with Gasteiger partial charge in [0.2, 0.25) is 0 Å². The summed E-state index contributed by atoms with van der Waals surface area (Å²) < 4.78 is 2.50. The lowest BCUT2D eigenvalue weighted by Gasteiger charge is -2.12. The van der Waals surface area contributed by atoms with Crippen molar-refractivity contribution in [1.29, 1.82) is 0 Å². The zero-order valence-corrected chi connectivity index (χ0v) is 13.6. The van der Waals surface area contributed by atoms with Crippen LogP contribution < -0.4 is 5.32 Å². The molecule has 0 bridgehead atoms. The molecule has 7 heteroatoms. The maximum Gasteiger partial charge on any atom is 0.326 e. The molecule has 0 saturated carbocycles. The van der Waals surface area contributed by atoms with Gasteiger partial charge in [-0.05, 0) is 47.8 Å². The van der Waals surface area contributed by atoms with E-state index in [0.29, 0.717) is 23.5 Å². The Balaban J connectivity index is 2.48. The number of aliphatic carboxylic acids is 1. The second kappa shape index (κ2) is 5.85. The molecule has 0 spiro atoms. The molecule has 0 aliphatic carbocycles. The number of halogens is 1. The number of pyridine rings is 1. The normalized spacial score (nSPS) is 12.4. The third-order valence-electron chi connectivity index (χ3n) is 3.27. The van der Waals surface area contributed by atoms with Gasteiger partial charge >= 0.3 is 5.97 Å². The largest absolute Gasteiger partial charge is 0.480 e. The monoisotopic (exact) mass is 353 g/mol.